The maximum Gasteiger partial charge on any atom is 0.155 e. The third-order valence-electron chi connectivity index (χ3n) is 5.04. The molecule has 126 valence electrons. The molecule has 3 aliphatic rings. The van der Waals surface area contributed by atoms with Crippen LogP contribution in [0, 0.1) is 11.7 Å². The van der Waals surface area contributed by atoms with Gasteiger partial charge < -0.3 is 10.2 Å². The van der Waals surface area contributed by atoms with E-state index in [1.165, 1.54) is 11.6 Å². The molecule has 0 radical (unpaired) electrons. The number of halogens is 2. The van der Waals surface area contributed by atoms with Gasteiger partial charge in [-0.2, -0.15) is 0 Å². The van der Waals surface area contributed by atoms with Crippen LogP contribution in [0.3, 0.4) is 0 Å². The lowest BCUT2D eigenvalue weighted by atomic mass is 9.86. The summed E-state index contributed by atoms with van der Waals surface area (Å²) >= 11 is 6.01. The molecule has 1 atom stereocenters. The van der Waals surface area contributed by atoms with Gasteiger partial charge in [0, 0.05) is 38.5 Å². The Morgan fingerprint density at radius 2 is 2.08 bits per heavy atom. The van der Waals surface area contributed by atoms with Crippen LogP contribution in [-0.2, 0) is 6.42 Å². The van der Waals surface area contributed by atoms with Crippen molar-refractivity contribution in [2.24, 2.45) is 15.9 Å². The van der Waals surface area contributed by atoms with Crippen molar-refractivity contribution in [2.75, 3.05) is 26.2 Å². The summed E-state index contributed by atoms with van der Waals surface area (Å²) in [6, 6.07) is 3.19. The van der Waals surface area contributed by atoms with Gasteiger partial charge in [0.05, 0.1) is 10.7 Å². The first-order valence-electron chi connectivity index (χ1n) is 8.39. The molecule has 3 heterocycles. The molecule has 1 aromatic rings. The number of allylic oxidation sites excluding steroid dienone is 1. The van der Waals surface area contributed by atoms with E-state index < -0.39 is 5.82 Å². The number of rotatable bonds is 0. The van der Waals surface area contributed by atoms with Crippen molar-refractivity contribution < 1.29 is 4.39 Å². The molecule has 0 aliphatic carbocycles. The molecule has 2 bridgehead atoms. The Bertz CT molecular complexity index is 763. The summed E-state index contributed by atoms with van der Waals surface area (Å²) in [7, 11) is 0. The maximum absolute atomic E-state index is 14.0. The van der Waals surface area contributed by atoms with Gasteiger partial charge in [-0.15, -0.1) is 0 Å². The quantitative estimate of drug-likeness (QED) is 0.782. The van der Waals surface area contributed by atoms with E-state index >= 15 is 0 Å². The summed E-state index contributed by atoms with van der Waals surface area (Å²) in [5.74, 6) is 0.808. The van der Waals surface area contributed by atoms with Gasteiger partial charge in [-0.1, -0.05) is 11.6 Å². The zero-order chi connectivity index (χ0) is 16.7. The van der Waals surface area contributed by atoms with Gasteiger partial charge in [0.2, 0.25) is 0 Å². The van der Waals surface area contributed by atoms with Crippen LogP contribution in [0.15, 0.2) is 33.4 Å². The fourth-order valence-electron chi connectivity index (χ4n) is 3.59. The van der Waals surface area contributed by atoms with Crippen molar-refractivity contribution in [2.45, 2.75) is 19.8 Å². The van der Waals surface area contributed by atoms with E-state index in [1.807, 2.05) is 6.21 Å². The zero-order valence-electron chi connectivity index (χ0n) is 13.6. The average Bonchev–Trinajstić information content (AvgIpc) is 2.59. The monoisotopic (exact) mass is 346 g/mol. The number of hydrogen-bond acceptors (Lipinski definition) is 4. The second kappa shape index (κ2) is 6.30. The predicted molar refractivity (Wildman–Crippen MR) is 96.0 cm³/mol. The third kappa shape index (κ3) is 2.76. The number of nitrogens with zero attached hydrogens (tertiary/aromatic N) is 3. The molecule has 1 aromatic carbocycles. The Morgan fingerprint density at radius 3 is 2.88 bits per heavy atom. The lowest BCUT2D eigenvalue weighted by molar-refractivity contribution is 0.356. The minimum absolute atomic E-state index is 0.166. The van der Waals surface area contributed by atoms with Crippen molar-refractivity contribution in [1.29, 1.82) is 0 Å². The van der Waals surface area contributed by atoms with Gasteiger partial charge in [-0.3, -0.25) is 4.99 Å². The minimum Gasteiger partial charge on any atom is -0.352 e. The molecular weight excluding hydrogens is 327 g/mol. The van der Waals surface area contributed by atoms with Crippen molar-refractivity contribution in [3.05, 3.63) is 39.8 Å². The molecule has 1 unspecified atom stereocenters. The van der Waals surface area contributed by atoms with Gasteiger partial charge in [0.15, 0.2) is 5.84 Å². The largest absolute Gasteiger partial charge is 0.352 e. The molecule has 6 heteroatoms. The van der Waals surface area contributed by atoms with Crippen LogP contribution >= 0.6 is 11.6 Å². The Labute approximate surface area is 146 Å². The number of piperazine rings is 1. The van der Waals surface area contributed by atoms with E-state index in [0.717, 1.165) is 56.1 Å². The Morgan fingerprint density at radius 1 is 1.29 bits per heavy atom. The van der Waals surface area contributed by atoms with E-state index in [9.17, 15) is 4.39 Å². The molecule has 0 saturated carbocycles. The van der Waals surface area contributed by atoms with Crippen LogP contribution in [0.5, 0.6) is 0 Å². The van der Waals surface area contributed by atoms with Gasteiger partial charge in [-0.25, -0.2) is 9.38 Å². The molecular formula is C18H20ClFN4. The molecule has 0 spiro atoms. The van der Waals surface area contributed by atoms with Crippen LogP contribution in [0.4, 0.5) is 10.1 Å². The fourth-order valence-corrected chi connectivity index (χ4v) is 3.77. The summed E-state index contributed by atoms with van der Waals surface area (Å²) in [6.07, 6.45) is 3.70. The van der Waals surface area contributed by atoms with Gasteiger partial charge in [0.25, 0.3) is 0 Å². The molecule has 24 heavy (non-hydrogen) atoms. The Kier molecular flexibility index (Phi) is 4.14. The van der Waals surface area contributed by atoms with Gasteiger partial charge in [0.1, 0.15) is 11.5 Å². The number of hydrogen-bond donors (Lipinski definition) is 1. The summed E-state index contributed by atoms with van der Waals surface area (Å²) in [6.45, 7) is 5.73. The van der Waals surface area contributed by atoms with Crippen LogP contribution in [0.25, 0.3) is 0 Å². The fraction of sp³-hybridized carbons (Fsp3) is 0.444. The molecule has 1 fully saturated rings. The van der Waals surface area contributed by atoms with Gasteiger partial charge >= 0.3 is 0 Å². The van der Waals surface area contributed by atoms with Crippen LogP contribution in [0.2, 0.25) is 5.02 Å². The molecule has 1 saturated heterocycles. The summed E-state index contributed by atoms with van der Waals surface area (Å²) in [4.78, 5) is 11.7. The van der Waals surface area contributed by atoms with Crippen LogP contribution < -0.4 is 5.32 Å². The lowest BCUT2D eigenvalue weighted by Gasteiger charge is -2.34. The van der Waals surface area contributed by atoms with Crippen molar-refractivity contribution in [3.63, 3.8) is 0 Å². The molecule has 0 aromatic heterocycles. The van der Waals surface area contributed by atoms with E-state index in [-0.39, 0.29) is 5.02 Å². The van der Waals surface area contributed by atoms with E-state index in [2.05, 4.69) is 22.1 Å². The second-order valence-corrected chi connectivity index (χ2v) is 6.95. The summed E-state index contributed by atoms with van der Waals surface area (Å²) in [5, 5.41) is 3.52. The lowest BCUT2D eigenvalue weighted by Crippen LogP contribution is -2.47. The zero-order valence-corrected chi connectivity index (χ0v) is 14.4. The van der Waals surface area contributed by atoms with Crippen LogP contribution in [-0.4, -0.2) is 43.1 Å². The highest BCUT2D eigenvalue weighted by molar-refractivity contribution is 6.30. The summed E-state index contributed by atoms with van der Waals surface area (Å²) < 4.78 is 14.0. The predicted octanol–water partition coefficient (Wildman–Crippen LogP) is 3.34. The topological polar surface area (TPSA) is 40.0 Å². The number of benzene rings is 1. The van der Waals surface area contributed by atoms with Crippen molar-refractivity contribution in [3.8, 4) is 0 Å². The Balaban J connectivity index is 1.88. The molecule has 3 aliphatic heterocycles. The number of fused-ring (bicyclic) bond motifs is 2. The molecule has 4 rings (SSSR count). The SMILES string of the molecule is CC1=C2N=CCC1Cc1cc(Cl)c(F)cc1N=C2N1CCNCC1. The number of amidine groups is 1. The minimum atomic E-state index is -0.418. The first-order chi connectivity index (χ1) is 11.6. The van der Waals surface area contributed by atoms with Gasteiger partial charge in [-0.05, 0) is 42.9 Å². The van der Waals surface area contributed by atoms with E-state index in [1.54, 1.807) is 6.07 Å². The molecule has 0 amide bonds. The third-order valence-corrected chi connectivity index (χ3v) is 5.33. The molecule has 4 nitrogen and oxygen atoms in total. The second-order valence-electron chi connectivity index (χ2n) is 6.55. The van der Waals surface area contributed by atoms with Crippen molar-refractivity contribution in [1.82, 2.24) is 10.2 Å². The van der Waals surface area contributed by atoms with Crippen molar-refractivity contribution >= 4 is 29.3 Å². The highest BCUT2D eigenvalue weighted by Crippen LogP contribution is 2.36. The highest BCUT2D eigenvalue weighted by atomic mass is 35.5. The molecule has 1 N–H and O–H groups in total. The number of nitrogens with one attached hydrogen (secondary N) is 1. The van der Waals surface area contributed by atoms with E-state index in [4.69, 9.17) is 16.6 Å². The Hall–Kier alpha value is -1.72. The first-order valence-corrected chi connectivity index (χ1v) is 8.77. The highest BCUT2D eigenvalue weighted by Gasteiger charge is 2.28. The smallest absolute Gasteiger partial charge is 0.155 e. The maximum atomic E-state index is 14.0. The van der Waals surface area contributed by atoms with Crippen LogP contribution in [0.1, 0.15) is 18.9 Å². The normalized spacial score (nSPS) is 23.5. The van der Waals surface area contributed by atoms with E-state index in [0.29, 0.717) is 11.6 Å². The number of aliphatic imine (C=N–C) groups is 2. The first kappa shape index (κ1) is 15.8. The average molecular weight is 347 g/mol. The standard InChI is InChI=1S/C18H20ClFN4/c1-11-12-2-3-22-17(11)18(24-6-4-21-5-7-24)23-16-10-15(20)14(19)9-13(16)8-12/h3,9-10,12,21H,2,4-8H2,1H3. The summed E-state index contributed by atoms with van der Waals surface area (Å²) in [5.41, 5.74) is 3.90.